The van der Waals surface area contributed by atoms with Crippen LogP contribution < -0.4 is 10.5 Å². The van der Waals surface area contributed by atoms with Crippen molar-refractivity contribution < 1.29 is 4.74 Å². The number of hydrogen-bond donors (Lipinski definition) is 1. The first-order valence-electron chi connectivity index (χ1n) is 6.64. The standard InChI is InChI=1S/C15H16ClN3O/c1-9-13(17)18-14(11-4-5-11)19-15(9)20-8-10-2-6-12(16)7-3-10/h2-3,6-7,11H,4-5,8H2,1H3,(H2,17,18,19). The molecule has 0 radical (unpaired) electrons. The quantitative estimate of drug-likeness (QED) is 0.936. The van der Waals surface area contributed by atoms with Gasteiger partial charge in [-0.3, -0.25) is 0 Å². The Labute approximate surface area is 123 Å². The molecule has 3 rings (SSSR count). The highest BCUT2D eigenvalue weighted by molar-refractivity contribution is 6.30. The maximum atomic E-state index is 5.93. The van der Waals surface area contributed by atoms with Crippen LogP contribution in [0.5, 0.6) is 5.88 Å². The fourth-order valence-corrected chi connectivity index (χ4v) is 2.05. The number of nitrogen functional groups attached to an aromatic ring is 1. The molecule has 0 atom stereocenters. The van der Waals surface area contributed by atoms with E-state index in [2.05, 4.69) is 9.97 Å². The van der Waals surface area contributed by atoms with Crippen LogP contribution in [0.1, 0.15) is 35.7 Å². The molecule has 0 amide bonds. The van der Waals surface area contributed by atoms with Crippen LogP contribution in [0.3, 0.4) is 0 Å². The molecular weight excluding hydrogens is 274 g/mol. The van der Waals surface area contributed by atoms with Gasteiger partial charge in [0.1, 0.15) is 18.2 Å². The molecule has 0 spiro atoms. The number of ether oxygens (including phenoxy) is 1. The van der Waals surface area contributed by atoms with Crippen molar-refractivity contribution >= 4 is 17.4 Å². The fraction of sp³-hybridized carbons (Fsp3) is 0.333. The zero-order chi connectivity index (χ0) is 14.1. The Kier molecular flexibility index (Phi) is 3.49. The van der Waals surface area contributed by atoms with Crippen molar-refractivity contribution in [3.63, 3.8) is 0 Å². The summed E-state index contributed by atoms with van der Waals surface area (Å²) < 4.78 is 5.79. The normalized spacial score (nSPS) is 14.3. The third-order valence-electron chi connectivity index (χ3n) is 3.39. The number of benzene rings is 1. The van der Waals surface area contributed by atoms with Crippen LogP contribution in [0.2, 0.25) is 5.02 Å². The van der Waals surface area contributed by atoms with Crippen LogP contribution in [0, 0.1) is 6.92 Å². The Hall–Kier alpha value is -1.81. The Balaban J connectivity index is 1.77. The third-order valence-corrected chi connectivity index (χ3v) is 3.64. The molecule has 0 saturated heterocycles. The predicted molar refractivity (Wildman–Crippen MR) is 78.9 cm³/mol. The molecule has 1 aromatic heterocycles. The van der Waals surface area contributed by atoms with Crippen LogP contribution in [-0.4, -0.2) is 9.97 Å². The zero-order valence-corrected chi connectivity index (χ0v) is 12.0. The predicted octanol–water partition coefficient (Wildman–Crippen LogP) is 3.48. The lowest BCUT2D eigenvalue weighted by Gasteiger charge is -2.11. The Morgan fingerprint density at radius 1 is 1.25 bits per heavy atom. The number of nitrogens with zero attached hydrogens (tertiary/aromatic N) is 2. The maximum Gasteiger partial charge on any atom is 0.222 e. The molecular formula is C15H16ClN3O. The van der Waals surface area contributed by atoms with Gasteiger partial charge in [0.05, 0.1) is 5.56 Å². The smallest absolute Gasteiger partial charge is 0.222 e. The lowest BCUT2D eigenvalue weighted by molar-refractivity contribution is 0.290. The number of hydrogen-bond acceptors (Lipinski definition) is 4. The first kappa shape index (κ1) is 13.2. The number of rotatable bonds is 4. The second-order valence-corrected chi connectivity index (χ2v) is 5.52. The van der Waals surface area contributed by atoms with Gasteiger partial charge < -0.3 is 10.5 Å². The second kappa shape index (κ2) is 5.29. The number of anilines is 1. The van der Waals surface area contributed by atoms with E-state index in [4.69, 9.17) is 22.1 Å². The van der Waals surface area contributed by atoms with Crippen molar-refractivity contribution in [2.24, 2.45) is 0 Å². The van der Waals surface area contributed by atoms with Gasteiger partial charge in [-0.25, -0.2) is 4.98 Å². The van der Waals surface area contributed by atoms with Gasteiger partial charge >= 0.3 is 0 Å². The van der Waals surface area contributed by atoms with E-state index in [1.165, 1.54) is 0 Å². The highest BCUT2D eigenvalue weighted by atomic mass is 35.5. The summed E-state index contributed by atoms with van der Waals surface area (Å²) in [6, 6.07) is 7.56. The van der Waals surface area contributed by atoms with Crippen LogP contribution in [-0.2, 0) is 6.61 Å². The van der Waals surface area contributed by atoms with Gasteiger partial charge in [-0.05, 0) is 37.5 Å². The van der Waals surface area contributed by atoms with Crippen molar-refractivity contribution in [3.8, 4) is 5.88 Å². The van der Waals surface area contributed by atoms with Gasteiger partial charge in [0, 0.05) is 10.9 Å². The topological polar surface area (TPSA) is 61.0 Å². The highest BCUT2D eigenvalue weighted by Gasteiger charge is 2.28. The monoisotopic (exact) mass is 289 g/mol. The molecule has 1 aliphatic rings. The fourth-order valence-electron chi connectivity index (χ4n) is 1.93. The number of nitrogens with two attached hydrogens (primary N) is 1. The maximum absolute atomic E-state index is 5.93. The van der Waals surface area contributed by atoms with Crippen LogP contribution in [0.25, 0.3) is 0 Å². The van der Waals surface area contributed by atoms with Gasteiger partial charge in [-0.15, -0.1) is 0 Å². The average Bonchev–Trinajstić information content (AvgIpc) is 3.26. The molecule has 104 valence electrons. The average molecular weight is 290 g/mol. The minimum absolute atomic E-state index is 0.443. The van der Waals surface area contributed by atoms with E-state index >= 15 is 0 Å². The lowest BCUT2D eigenvalue weighted by atomic mass is 10.2. The van der Waals surface area contributed by atoms with Gasteiger partial charge in [0.25, 0.3) is 0 Å². The largest absolute Gasteiger partial charge is 0.472 e. The lowest BCUT2D eigenvalue weighted by Crippen LogP contribution is -2.06. The van der Waals surface area contributed by atoms with E-state index < -0.39 is 0 Å². The highest BCUT2D eigenvalue weighted by Crippen LogP contribution is 2.39. The summed E-state index contributed by atoms with van der Waals surface area (Å²) in [6.07, 6.45) is 2.28. The van der Waals surface area contributed by atoms with Crippen molar-refractivity contribution in [1.82, 2.24) is 9.97 Å². The van der Waals surface area contributed by atoms with Crippen molar-refractivity contribution in [2.45, 2.75) is 32.3 Å². The van der Waals surface area contributed by atoms with E-state index in [0.29, 0.717) is 29.2 Å². The third kappa shape index (κ3) is 2.85. The van der Waals surface area contributed by atoms with Crippen LogP contribution >= 0.6 is 11.6 Å². The van der Waals surface area contributed by atoms with Crippen molar-refractivity contribution in [2.75, 3.05) is 5.73 Å². The van der Waals surface area contributed by atoms with Crippen molar-refractivity contribution in [3.05, 3.63) is 46.2 Å². The van der Waals surface area contributed by atoms with Gasteiger partial charge in [-0.1, -0.05) is 23.7 Å². The summed E-state index contributed by atoms with van der Waals surface area (Å²) in [4.78, 5) is 8.82. The van der Waals surface area contributed by atoms with Crippen LogP contribution in [0.15, 0.2) is 24.3 Å². The molecule has 0 bridgehead atoms. The molecule has 1 fully saturated rings. The molecule has 0 aliphatic heterocycles. The second-order valence-electron chi connectivity index (χ2n) is 5.09. The molecule has 2 aromatic rings. The van der Waals surface area contributed by atoms with E-state index in [1.54, 1.807) is 0 Å². The van der Waals surface area contributed by atoms with Gasteiger partial charge in [-0.2, -0.15) is 4.98 Å². The molecule has 4 nitrogen and oxygen atoms in total. The number of aromatic nitrogens is 2. The summed E-state index contributed by atoms with van der Waals surface area (Å²) in [5.74, 6) is 2.34. The first-order chi connectivity index (χ1) is 9.63. The Morgan fingerprint density at radius 3 is 2.60 bits per heavy atom. The Bertz CT molecular complexity index is 624. The molecule has 1 aliphatic carbocycles. The van der Waals surface area contributed by atoms with E-state index in [9.17, 15) is 0 Å². The van der Waals surface area contributed by atoms with Crippen molar-refractivity contribution in [1.29, 1.82) is 0 Å². The minimum atomic E-state index is 0.443. The minimum Gasteiger partial charge on any atom is -0.472 e. The summed E-state index contributed by atoms with van der Waals surface area (Å²) in [6.45, 7) is 2.32. The van der Waals surface area contributed by atoms with E-state index in [1.807, 2.05) is 31.2 Å². The zero-order valence-electron chi connectivity index (χ0n) is 11.3. The van der Waals surface area contributed by atoms with E-state index in [0.717, 1.165) is 29.8 Å². The number of halogens is 1. The molecule has 20 heavy (non-hydrogen) atoms. The summed E-state index contributed by atoms with van der Waals surface area (Å²) in [5.41, 5.74) is 7.76. The first-order valence-corrected chi connectivity index (χ1v) is 7.02. The van der Waals surface area contributed by atoms with Gasteiger partial charge in [0.15, 0.2) is 0 Å². The summed E-state index contributed by atoms with van der Waals surface area (Å²) in [7, 11) is 0. The molecule has 1 saturated carbocycles. The SMILES string of the molecule is Cc1c(N)nc(C2CC2)nc1OCc1ccc(Cl)cc1. The molecule has 1 aromatic carbocycles. The van der Waals surface area contributed by atoms with Crippen LogP contribution in [0.4, 0.5) is 5.82 Å². The molecule has 5 heteroatoms. The summed E-state index contributed by atoms with van der Waals surface area (Å²) >= 11 is 5.86. The Morgan fingerprint density at radius 2 is 1.95 bits per heavy atom. The van der Waals surface area contributed by atoms with Gasteiger partial charge in [0.2, 0.25) is 5.88 Å². The molecule has 2 N–H and O–H groups in total. The van der Waals surface area contributed by atoms with E-state index in [-0.39, 0.29) is 0 Å². The molecule has 0 unspecified atom stereocenters. The summed E-state index contributed by atoms with van der Waals surface area (Å²) in [5, 5.41) is 0.715. The molecule has 1 heterocycles.